The summed E-state index contributed by atoms with van der Waals surface area (Å²) in [7, 11) is 0. The number of hydrogen-bond acceptors (Lipinski definition) is 5. The van der Waals surface area contributed by atoms with Gasteiger partial charge >= 0.3 is 0 Å². The zero-order valence-corrected chi connectivity index (χ0v) is 10.4. The summed E-state index contributed by atoms with van der Waals surface area (Å²) in [5, 5.41) is 3.99. The van der Waals surface area contributed by atoms with E-state index >= 15 is 0 Å². The van der Waals surface area contributed by atoms with Crippen LogP contribution in [0.15, 0.2) is 4.52 Å². The first-order chi connectivity index (χ1) is 8.29. The molecule has 1 aromatic rings. The highest BCUT2D eigenvalue weighted by atomic mass is 16.5. The van der Waals surface area contributed by atoms with E-state index in [9.17, 15) is 0 Å². The van der Waals surface area contributed by atoms with Gasteiger partial charge in [0.2, 0.25) is 5.89 Å². The Morgan fingerprint density at radius 1 is 1.53 bits per heavy atom. The van der Waals surface area contributed by atoms with Crippen LogP contribution in [0.4, 0.5) is 0 Å². The van der Waals surface area contributed by atoms with Crippen molar-refractivity contribution in [3.63, 3.8) is 0 Å². The molecule has 2 heterocycles. The minimum Gasteiger partial charge on any atom is -0.381 e. The fraction of sp³-hybridized carbons (Fsp3) is 0.833. The van der Waals surface area contributed by atoms with Gasteiger partial charge in [-0.2, -0.15) is 4.98 Å². The maximum Gasteiger partial charge on any atom is 0.243 e. The van der Waals surface area contributed by atoms with E-state index in [1.807, 2.05) is 0 Å². The van der Waals surface area contributed by atoms with Crippen molar-refractivity contribution < 1.29 is 9.26 Å². The van der Waals surface area contributed by atoms with Crippen molar-refractivity contribution in [2.75, 3.05) is 13.2 Å². The predicted molar refractivity (Wildman–Crippen MR) is 63.4 cm³/mol. The molecule has 1 aliphatic heterocycles. The first kappa shape index (κ1) is 12.5. The number of nitrogens with two attached hydrogens (primary N) is 1. The number of nitrogens with zero attached hydrogens (tertiary/aromatic N) is 2. The third-order valence-electron chi connectivity index (χ3n) is 3.16. The van der Waals surface area contributed by atoms with Crippen LogP contribution < -0.4 is 5.73 Å². The monoisotopic (exact) mass is 239 g/mol. The van der Waals surface area contributed by atoms with Crippen molar-refractivity contribution in [2.24, 2.45) is 11.7 Å². The SMILES string of the molecule is CCCCC(N)c1nc(CC2CCOC2)no1. The third-order valence-corrected chi connectivity index (χ3v) is 3.16. The molecule has 96 valence electrons. The quantitative estimate of drug-likeness (QED) is 0.819. The van der Waals surface area contributed by atoms with Gasteiger partial charge in [0.05, 0.1) is 6.04 Å². The Hall–Kier alpha value is -0.940. The molecule has 2 N–H and O–H groups in total. The molecule has 1 saturated heterocycles. The van der Waals surface area contributed by atoms with E-state index < -0.39 is 0 Å². The highest BCUT2D eigenvalue weighted by Crippen LogP contribution is 2.19. The standard InChI is InChI=1S/C12H21N3O2/c1-2-3-4-10(13)12-14-11(15-17-12)7-9-5-6-16-8-9/h9-10H,2-8,13H2,1H3. The molecule has 0 bridgehead atoms. The number of unbranched alkanes of at least 4 members (excludes halogenated alkanes) is 1. The Morgan fingerprint density at radius 3 is 3.12 bits per heavy atom. The zero-order valence-electron chi connectivity index (χ0n) is 10.4. The van der Waals surface area contributed by atoms with Gasteiger partial charge in [-0.1, -0.05) is 24.9 Å². The van der Waals surface area contributed by atoms with Crippen molar-refractivity contribution in [1.29, 1.82) is 0 Å². The molecule has 1 aromatic heterocycles. The largest absolute Gasteiger partial charge is 0.381 e. The Labute approximate surface area is 102 Å². The Bertz CT molecular complexity index is 334. The minimum atomic E-state index is -0.115. The summed E-state index contributed by atoms with van der Waals surface area (Å²) < 4.78 is 10.5. The summed E-state index contributed by atoms with van der Waals surface area (Å²) in [6.07, 6.45) is 5.06. The van der Waals surface area contributed by atoms with E-state index in [-0.39, 0.29) is 6.04 Å². The van der Waals surface area contributed by atoms with Gasteiger partial charge in [0.25, 0.3) is 0 Å². The van der Waals surface area contributed by atoms with Crippen LogP contribution in [-0.4, -0.2) is 23.4 Å². The second-order valence-corrected chi connectivity index (χ2v) is 4.73. The molecule has 0 radical (unpaired) electrons. The number of rotatable bonds is 6. The molecule has 0 amide bonds. The molecule has 0 aromatic carbocycles. The second-order valence-electron chi connectivity index (χ2n) is 4.73. The van der Waals surface area contributed by atoms with E-state index in [0.29, 0.717) is 11.8 Å². The molecule has 5 nitrogen and oxygen atoms in total. The van der Waals surface area contributed by atoms with Gasteiger partial charge < -0.3 is 15.0 Å². The average Bonchev–Trinajstić information content (AvgIpc) is 2.98. The highest BCUT2D eigenvalue weighted by Gasteiger charge is 2.20. The summed E-state index contributed by atoms with van der Waals surface area (Å²) >= 11 is 0. The number of hydrogen-bond donors (Lipinski definition) is 1. The van der Waals surface area contributed by atoms with E-state index in [0.717, 1.165) is 51.1 Å². The summed E-state index contributed by atoms with van der Waals surface area (Å²) in [5.41, 5.74) is 5.98. The zero-order chi connectivity index (χ0) is 12.1. The summed E-state index contributed by atoms with van der Waals surface area (Å²) in [4.78, 5) is 4.37. The average molecular weight is 239 g/mol. The van der Waals surface area contributed by atoms with E-state index in [2.05, 4.69) is 17.1 Å². The maximum absolute atomic E-state index is 5.98. The summed E-state index contributed by atoms with van der Waals surface area (Å²) in [6, 6.07) is -0.115. The predicted octanol–water partition coefficient (Wildman–Crippen LogP) is 1.84. The first-order valence-electron chi connectivity index (χ1n) is 6.45. The van der Waals surface area contributed by atoms with E-state index in [1.165, 1.54) is 0 Å². The highest BCUT2D eigenvalue weighted by molar-refractivity contribution is 4.93. The molecule has 2 atom stereocenters. The summed E-state index contributed by atoms with van der Waals surface area (Å²) in [5.74, 6) is 1.88. The van der Waals surface area contributed by atoms with Gasteiger partial charge in [0.1, 0.15) is 0 Å². The molecule has 17 heavy (non-hydrogen) atoms. The van der Waals surface area contributed by atoms with Crippen LogP contribution >= 0.6 is 0 Å². The fourth-order valence-corrected chi connectivity index (χ4v) is 2.05. The Kier molecular flexibility index (Phi) is 4.50. The molecule has 0 spiro atoms. The Balaban J connectivity index is 1.86. The van der Waals surface area contributed by atoms with Gasteiger partial charge in [-0.15, -0.1) is 0 Å². The Morgan fingerprint density at radius 2 is 2.41 bits per heavy atom. The smallest absolute Gasteiger partial charge is 0.243 e. The van der Waals surface area contributed by atoms with Crippen LogP contribution in [0.3, 0.4) is 0 Å². The lowest BCUT2D eigenvalue weighted by atomic mass is 10.1. The van der Waals surface area contributed by atoms with E-state index in [4.69, 9.17) is 15.0 Å². The van der Waals surface area contributed by atoms with Crippen LogP contribution in [0.2, 0.25) is 0 Å². The molecule has 0 aliphatic carbocycles. The molecule has 2 rings (SSSR count). The topological polar surface area (TPSA) is 74.2 Å². The molecular weight excluding hydrogens is 218 g/mol. The lowest BCUT2D eigenvalue weighted by Gasteiger charge is -2.04. The molecule has 2 unspecified atom stereocenters. The van der Waals surface area contributed by atoms with Gasteiger partial charge in [0.15, 0.2) is 5.82 Å². The van der Waals surface area contributed by atoms with Crippen molar-refractivity contribution in [2.45, 2.75) is 45.1 Å². The van der Waals surface area contributed by atoms with Crippen molar-refractivity contribution in [3.05, 3.63) is 11.7 Å². The lowest BCUT2D eigenvalue weighted by molar-refractivity contribution is 0.185. The number of ether oxygens (including phenoxy) is 1. The number of aromatic nitrogens is 2. The van der Waals surface area contributed by atoms with Gasteiger partial charge in [-0.25, -0.2) is 0 Å². The van der Waals surface area contributed by atoms with Crippen molar-refractivity contribution in [1.82, 2.24) is 10.1 Å². The van der Waals surface area contributed by atoms with Crippen LogP contribution in [0.5, 0.6) is 0 Å². The first-order valence-corrected chi connectivity index (χ1v) is 6.45. The van der Waals surface area contributed by atoms with Crippen LogP contribution in [0.1, 0.15) is 50.4 Å². The maximum atomic E-state index is 5.98. The lowest BCUT2D eigenvalue weighted by Crippen LogP contribution is -2.11. The molecular formula is C12H21N3O2. The summed E-state index contributed by atoms with van der Waals surface area (Å²) in [6.45, 7) is 3.81. The molecule has 5 heteroatoms. The van der Waals surface area contributed by atoms with Crippen molar-refractivity contribution >= 4 is 0 Å². The molecule has 1 aliphatic rings. The second kappa shape index (κ2) is 6.12. The minimum absolute atomic E-state index is 0.115. The van der Waals surface area contributed by atoms with Crippen molar-refractivity contribution in [3.8, 4) is 0 Å². The van der Waals surface area contributed by atoms with Gasteiger partial charge in [0, 0.05) is 19.6 Å². The molecule has 1 fully saturated rings. The van der Waals surface area contributed by atoms with Crippen LogP contribution in [0, 0.1) is 5.92 Å². The van der Waals surface area contributed by atoms with Gasteiger partial charge in [-0.3, -0.25) is 0 Å². The van der Waals surface area contributed by atoms with Crippen LogP contribution in [0.25, 0.3) is 0 Å². The molecule has 0 saturated carbocycles. The fourth-order valence-electron chi connectivity index (χ4n) is 2.05. The third kappa shape index (κ3) is 3.51. The van der Waals surface area contributed by atoms with Gasteiger partial charge in [-0.05, 0) is 18.8 Å². The van der Waals surface area contributed by atoms with E-state index in [1.54, 1.807) is 0 Å². The van der Waals surface area contributed by atoms with Crippen LogP contribution in [-0.2, 0) is 11.2 Å². The normalized spacial score (nSPS) is 21.9.